The lowest BCUT2D eigenvalue weighted by Gasteiger charge is -2.31. The fourth-order valence-electron chi connectivity index (χ4n) is 3.34. The summed E-state index contributed by atoms with van der Waals surface area (Å²) in [4.78, 5) is 11.9. The molecule has 2 N–H and O–H groups in total. The minimum absolute atomic E-state index is 0.616. The van der Waals surface area contributed by atoms with Gasteiger partial charge in [0.15, 0.2) is 0 Å². The molecule has 0 radical (unpaired) electrons. The summed E-state index contributed by atoms with van der Waals surface area (Å²) in [6.45, 7) is 0.909. The van der Waals surface area contributed by atoms with Crippen molar-refractivity contribution in [2.45, 2.75) is 89.0 Å². The molecular weight excluding hydrogens is 250 g/mol. The highest BCUT2D eigenvalue weighted by Gasteiger charge is 2.38. The Morgan fingerprint density at radius 3 is 1.75 bits per heavy atom. The van der Waals surface area contributed by atoms with Crippen molar-refractivity contribution in [3.8, 4) is 0 Å². The van der Waals surface area contributed by atoms with Gasteiger partial charge in [-0.05, 0) is 38.1 Å². The molecule has 2 rings (SSSR count). The van der Waals surface area contributed by atoms with Crippen molar-refractivity contribution in [1.29, 1.82) is 0 Å². The molecule has 3 nitrogen and oxygen atoms in total. The van der Waals surface area contributed by atoms with E-state index in [1.165, 1.54) is 57.8 Å². The van der Waals surface area contributed by atoms with Gasteiger partial charge in [-0.25, -0.2) is 0 Å². The Kier molecular flexibility index (Phi) is 6.34. The van der Waals surface area contributed by atoms with Crippen LogP contribution in [0.3, 0.4) is 0 Å². The quantitative estimate of drug-likeness (QED) is 0.815. The summed E-state index contributed by atoms with van der Waals surface area (Å²) in [5.41, 5.74) is -0.637. The average Bonchev–Trinajstić information content (AvgIpc) is 3.22. The second-order valence-corrected chi connectivity index (χ2v) is 6.89. The molecule has 0 spiro atoms. The van der Waals surface area contributed by atoms with Gasteiger partial charge in [-0.15, -0.1) is 0 Å². The molecule has 0 unspecified atom stereocenters. The van der Waals surface area contributed by atoms with Crippen LogP contribution in [-0.2, 0) is 4.79 Å². The minimum atomic E-state index is -0.637. The summed E-state index contributed by atoms with van der Waals surface area (Å²) in [5, 5.41) is 13.2. The van der Waals surface area contributed by atoms with E-state index in [9.17, 15) is 9.90 Å². The molecule has 0 aliphatic heterocycles. The van der Waals surface area contributed by atoms with E-state index in [4.69, 9.17) is 0 Å². The Balaban J connectivity index is 1.92. The molecule has 2 aliphatic rings. The highest BCUT2D eigenvalue weighted by atomic mass is 16.4. The van der Waals surface area contributed by atoms with Crippen LogP contribution in [-0.4, -0.2) is 23.2 Å². The van der Waals surface area contributed by atoms with Crippen LogP contribution in [0.5, 0.6) is 0 Å². The van der Waals surface area contributed by atoms with E-state index in [2.05, 4.69) is 5.32 Å². The topological polar surface area (TPSA) is 49.3 Å². The van der Waals surface area contributed by atoms with Gasteiger partial charge in [0.1, 0.15) is 5.54 Å². The van der Waals surface area contributed by atoms with Crippen LogP contribution in [0.1, 0.15) is 83.5 Å². The molecule has 0 saturated heterocycles. The third kappa shape index (κ3) is 5.08. The molecule has 0 aromatic heterocycles. The summed E-state index contributed by atoms with van der Waals surface area (Å²) in [6.07, 6.45) is 15.3. The minimum Gasteiger partial charge on any atom is -0.480 e. The standard InChI is InChI=1S/C17H31NO2/c19-16(20)17(18-14-15-10-11-15)12-8-6-4-2-1-3-5-7-9-13-17/h15,18H,1-14H2,(H,19,20). The largest absolute Gasteiger partial charge is 0.480 e. The third-order valence-corrected chi connectivity index (χ3v) is 5.04. The number of aliphatic carboxylic acids is 1. The lowest BCUT2D eigenvalue weighted by Crippen LogP contribution is -2.52. The van der Waals surface area contributed by atoms with E-state index in [-0.39, 0.29) is 0 Å². The van der Waals surface area contributed by atoms with Gasteiger partial charge in [-0.2, -0.15) is 0 Å². The fourth-order valence-corrected chi connectivity index (χ4v) is 3.34. The number of rotatable bonds is 4. The first-order valence-corrected chi connectivity index (χ1v) is 8.71. The highest BCUT2D eigenvalue weighted by Crippen LogP contribution is 2.31. The van der Waals surface area contributed by atoms with E-state index < -0.39 is 11.5 Å². The number of hydrogen-bond acceptors (Lipinski definition) is 2. The zero-order valence-corrected chi connectivity index (χ0v) is 12.8. The number of carboxylic acid groups (broad SMARTS) is 1. The van der Waals surface area contributed by atoms with Crippen LogP contribution in [0.2, 0.25) is 0 Å². The van der Waals surface area contributed by atoms with Crippen LogP contribution in [0.15, 0.2) is 0 Å². The van der Waals surface area contributed by atoms with Crippen molar-refractivity contribution >= 4 is 5.97 Å². The monoisotopic (exact) mass is 281 g/mol. The molecule has 0 atom stereocenters. The molecule has 0 bridgehead atoms. The van der Waals surface area contributed by atoms with Crippen LogP contribution in [0.4, 0.5) is 0 Å². The SMILES string of the molecule is O=C(O)C1(NCC2CC2)CCCCCCCCCCC1. The molecule has 0 aromatic carbocycles. The Hall–Kier alpha value is -0.570. The predicted molar refractivity (Wildman–Crippen MR) is 81.9 cm³/mol. The summed E-state index contributed by atoms with van der Waals surface area (Å²) in [5.74, 6) is 0.128. The number of carbonyl (C=O) groups is 1. The number of hydrogen-bond donors (Lipinski definition) is 2. The maximum atomic E-state index is 11.9. The van der Waals surface area contributed by atoms with Crippen LogP contribution in [0.25, 0.3) is 0 Å². The fraction of sp³-hybridized carbons (Fsp3) is 0.941. The molecule has 2 saturated carbocycles. The smallest absolute Gasteiger partial charge is 0.323 e. The van der Waals surface area contributed by atoms with Crippen molar-refractivity contribution in [3.63, 3.8) is 0 Å². The van der Waals surface area contributed by atoms with Gasteiger partial charge in [-0.3, -0.25) is 4.79 Å². The second-order valence-electron chi connectivity index (χ2n) is 6.89. The van der Waals surface area contributed by atoms with Crippen LogP contribution in [0, 0.1) is 5.92 Å². The summed E-state index contributed by atoms with van der Waals surface area (Å²) in [6, 6.07) is 0. The maximum Gasteiger partial charge on any atom is 0.323 e. The zero-order valence-electron chi connectivity index (χ0n) is 12.8. The summed E-state index contributed by atoms with van der Waals surface area (Å²) in [7, 11) is 0. The molecule has 0 aromatic rings. The molecule has 0 heterocycles. The normalized spacial score (nSPS) is 25.4. The first-order chi connectivity index (χ1) is 9.73. The zero-order chi connectivity index (χ0) is 14.3. The van der Waals surface area contributed by atoms with Crippen molar-refractivity contribution < 1.29 is 9.90 Å². The van der Waals surface area contributed by atoms with Gasteiger partial charge in [0.05, 0.1) is 0 Å². The summed E-state index contributed by atoms with van der Waals surface area (Å²) >= 11 is 0. The lowest BCUT2D eigenvalue weighted by atomic mass is 9.85. The van der Waals surface area contributed by atoms with Gasteiger partial charge >= 0.3 is 5.97 Å². The Bertz CT molecular complexity index is 287. The molecular formula is C17H31NO2. The lowest BCUT2D eigenvalue weighted by molar-refractivity contribution is -0.145. The molecule has 2 fully saturated rings. The van der Waals surface area contributed by atoms with Crippen molar-refractivity contribution in [2.24, 2.45) is 5.92 Å². The van der Waals surface area contributed by atoms with Crippen molar-refractivity contribution in [1.82, 2.24) is 5.32 Å². The van der Waals surface area contributed by atoms with Gasteiger partial charge in [-0.1, -0.05) is 57.8 Å². The first-order valence-electron chi connectivity index (χ1n) is 8.71. The molecule has 2 aliphatic carbocycles. The Morgan fingerprint density at radius 2 is 1.35 bits per heavy atom. The van der Waals surface area contributed by atoms with Crippen LogP contribution >= 0.6 is 0 Å². The van der Waals surface area contributed by atoms with E-state index in [0.717, 1.165) is 38.1 Å². The Labute approximate surface area is 123 Å². The second kappa shape index (κ2) is 8.02. The molecule has 116 valence electrons. The van der Waals surface area contributed by atoms with Crippen molar-refractivity contribution in [2.75, 3.05) is 6.54 Å². The highest BCUT2D eigenvalue weighted by molar-refractivity contribution is 5.78. The average molecular weight is 281 g/mol. The van der Waals surface area contributed by atoms with E-state index >= 15 is 0 Å². The van der Waals surface area contributed by atoms with Gasteiger partial charge < -0.3 is 10.4 Å². The van der Waals surface area contributed by atoms with Crippen LogP contribution < -0.4 is 5.32 Å². The number of nitrogens with one attached hydrogen (secondary N) is 1. The predicted octanol–water partition coefficient (Wildman–Crippen LogP) is 4.11. The van der Waals surface area contributed by atoms with E-state index in [1.807, 2.05) is 0 Å². The molecule has 3 heteroatoms. The van der Waals surface area contributed by atoms with Gasteiger partial charge in [0.25, 0.3) is 0 Å². The van der Waals surface area contributed by atoms with Gasteiger partial charge in [0.2, 0.25) is 0 Å². The maximum absolute atomic E-state index is 11.9. The number of carboxylic acids is 1. The molecule has 20 heavy (non-hydrogen) atoms. The Morgan fingerprint density at radius 1 is 0.900 bits per heavy atom. The molecule has 0 amide bonds. The van der Waals surface area contributed by atoms with E-state index in [1.54, 1.807) is 0 Å². The third-order valence-electron chi connectivity index (χ3n) is 5.04. The first kappa shape index (κ1) is 15.8. The van der Waals surface area contributed by atoms with Crippen molar-refractivity contribution in [3.05, 3.63) is 0 Å². The van der Waals surface area contributed by atoms with Gasteiger partial charge in [0, 0.05) is 0 Å². The van der Waals surface area contributed by atoms with E-state index in [0.29, 0.717) is 0 Å². The summed E-state index contributed by atoms with van der Waals surface area (Å²) < 4.78 is 0.